The molecule has 2 N–H and O–H groups in total. The summed E-state index contributed by atoms with van der Waals surface area (Å²) in [5.74, 6) is -1.83. The maximum atomic E-state index is 13.0. The highest BCUT2D eigenvalue weighted by Gasteiger charge is 2.15. The van der Waals surface area contributed by atoms with Gasteiger partial charge in [-0.1, -0.05) is 12.1 Å². The Morgan fingerprint density at radius 3 is 2.33 bits per heavy atom. The quantitative estimate of drug-likeness (QED) is 0.773. The second-order valence-corrected chi connectivity index (χ2v) is 5.53. The molecule has 2 rings (SSSR count). The molecule has 6 heteroatoms. The van der Waals surface area contributed by atoms with E-state index in [2.05, 4.69) is 5.32 Å². The molecule has 0 fully saturated rings. The molecule has 2 aromatic rings. The lowest BCUT2D eigenvalue weighted by molar-refractivity contribution is -0.114. The molecule has 0 saturated carbocycles. The van der Waals surface area contributed by atoms with Crippen LogP contribution >= 0.6 is 22.6 Å². The molecule has 0 radical (unpaired) electrons. The zero-order valence-electron chi connectivity index (χ0n) is 11.0. The van der Waals surface area contributed by atoms with Crippen LogP contribution in [0.15, 0.2) is 36.4 Å². The van der Waals surface area contributed by atoms with Crippen molar-refractivity contribution in [3.63, 3.8) is 0 Å². The Hall–Kier alpha value is -1.96. The maximum Gasteiger partial charge on any atom is 0.337 e. The summed E-state index contributed by atoms with van der Waals surface area (Å²) in [5.41, 5.74) is 1.70. The van der Waals surface area contributed by atoms with Crippen molar-refractivity contribution >= 4 is 40.2 Å². The average molecular weight is 399 g/mol. The largest absolute Gasteiger partial charge is 0.478 e. The summed E-state index contributed by atoms with van der Waals surface area (Å²) in [4.78, 5) is 22.5. The van der Waals surface area contributed by atoms with Gasteiger partial charge in [-0.05, 0) is 58.0 Å². The number of carbonyl (C=O) groups excluding carboxylic acids is 1. The second kappa shape index (κ2) is 6.21. The fourth-order valence-corrected chi connectivity index (χ4v) is 2.67. The Morgan fingerprint density at radius 1 is 1.19 bits per heavy atom. The Kier molecular flexibility index (Phi) is 4.56. The van der Waals surface area contributed by atoms with Crippen molar-refractivity contribution in [2.24, 2.45) is 0 Å². The molecular weight excluding hydrogens is 388 g/mol. The van der Waals surface area contributed by atoms with Crippen LogP contribution in [-0.2, 0) is 4.79 Å². The van der Waals surface area contributed by atoms with Gasteiger partial charge in [-0.3, -0.25) is 4.79 Å². The molecule has 0 aromatic heterocycles. The Labute approximate surface area is 134 Å². The number of carboxylic acid groups (broad SMARTS) is 1. The Bertz CT molecular complexity index is 714. The summed E-state index contributed by atoms with van der Waals surface area (Å²) < 4.78 is 13.7. The van der Waals surface area contributed by atoms with E-state index >= 15 is 0 Å². The molecule has 1 amide bonds. The lowest BCUT2D eigenvalue weighted by Crippen LogP contribution is -2.11. The molecule has 0 bridgehead atoms. The molecular formula is C15H11FINO3. The van der Waals surface area contributed by atoms with Gasteiger partial charge in [0.15, 0.2) is 0 Å². The summed E-state index contributed by atoms with van der Waals surface area (Å²) in [6, 6.07) is 8.92. The van der Waals surface area contributed by atoms with Crippen molar-refractivity contribution in [3.05, 3.63) is 51.3 Å². The number of hydrogen-bond acceptors (Lipinski definition) is 2. The van der Waals surface area contributed by atoms with E-state index in [-0.39, 0.29) is 23.0 Å². The monoisotopic (exact) mass is 399 g/mol. The van der Waals surface area contributed by atoms with Gasteiger partial charge < -0.3 is 10.4 Å². The summed E-state index contributed by atoms with van der Waals surface area (Å²) in [5, 5.41) is 11.7. The minimum atomic E-state index is -1.12. The number of anilines is 1. The first-order chi connectivity index (χ1) is 9.88. The van der Waals surface area contributed by atoms with Crippen molar-refractivity contribution in [1.82, 2.24) is 0 Å². The zero-order valence-corrected chi connectivity index (χ0v) is 13.1. The first-order valence-electron chi connectivity index (χ1n) is 5.99. The number of hydrogen-bond donors (Lipinski definition) is 2. The first-order valence-corrected chi connectivity index (χ1v) is 7.06. The molecule has 0 aliphatic carbocycles. The highest BCUT2D eigenvalue weighted by molar-refractivity contribution is 14.1. The number of aromatic carboxylic acids is 1. The molecule has 108 valence electrons. The van der Waals surface area contributed by atoms with Crippen LogP contribution in [0.1, 0.15) is 17.3 Å². The molecule has 4 nitrogen and oxygen atoms in total. The summed E-state index contributed by atoms with van der Waals surface area (Å²) >= 11 is 2.01. The number of amides is 1. The van der Waals surface area contributed by atoms with Crippen molar-refractivity contribution in [3.8, 4) is 11.1 Å². The lowest BCUT2D eigenvalue weighted by Gasteiger charge is -2.12. The van der Waals surface area contributed by atoms with Crippen molar-refractivity contribution in [2.75, 3.05) is 5.32 Å². The minimum absolute atomic E-state index is 0.0143. The van der Waals surface area contributed by atoms with Crippen LogP contribution in [0.3, 0.4) is 0 Å². The van der Waals surface area contributed by atoms with Crippen LogP contribution in [0.4, 0.5) is 10.1 Å². The van der Waals surface area contributed by atoms with E-state index in [0.717, 1.165) is 11.1 Å². The van der Waals surface area contributed by atoms with Gasteiger partial charge in [0.25, 0.3) is 0 Å². The van der Waals surface area contributed by atoms with Gasteiger partial charge >= 0.3 is 5.97 Å². The topological polar surface area (TPSA) is 66.4 Å². The van der Waals surface area contributed by atoms with E-state index < -0.39 is 5.97 Å². The third-order valence-electron chi connectivity index (χ3n) is 2.80. The molecule has 21 heavy (non-hydrogen) atoms. The van der Waals surface area contributed by atoms with Gasteiger partial charge in [0, 0.05) is 10.5 Å². The predicted molar refractivity (Wildman–Crippen MR) is 85.8 cm³/mol. The SMILES string of the molecule is CC(=O)Nc1cc(-c2ccc(F)cc2)c(I)cc1C(=O)O. The highest BCUT2D eigenvalue weighted by atomic mass is 127. The van der Waals surface area contributed by atoms with Crippen LogP contribution in [-0.4, -0.2) is 17.0 Å². The van der Waals surface area contributed by atoms with E-state index in [1.54, 1.807) is 18.2 Å². The number of rotatable bonds is 3. The van der Waals surface area contributed by atoms with Gasteiger partial charge in [0.05, 0.1) is 11.3 Å². The molecule has 0 saturated heterocycles. The van der Waals surface area contributed by atoms with Crippen LogP contribution in [0.2, 0.25) is 0 Å². The van der Waals surface area contributed by atoms with Crippen molar-refractivity contribution < 1.29 is 19.1 Å². The predicted octanol–water partition coefficient (Wildman–Crippen LogP) is 3.75. The summed E-state index contributed by atoms with van der Waals surface area (Å²) in [6.07, 6.45) is 0. The fourth-order valence-electron chi connectivity index (χ4n) is 1.89. The highest BCUT2D eigenvalue weighted by Crippen LogP contribution is 2.31. The first kappa shape index (κ1) is 15.4. The molecule has 2 aromatic carbocycles. The number of halogens is 2. The Balaban J connectivity index is 2.59. The van der Waals surface area contributed by atoms with E-state index in [4.69, 9.17) is 0 Å². The maximum absolute atomic E-state index is 13.0. The van der Waals surface area contributed by atoms with E-state index in [1.165, 1.54) is 25.1 Å². The van der Waals surface area contributed by atoms with Gasteiger partial charge in [-0.15, -0.1) is 0 Å². The third-order valence-corrected chi connectivity index (χ3v) is 3.70. The van der Waals surface area contributed by atoms with E-state index in [1.807, 2.05) is 22.6 Å². The molecule has 0 aliphatic rings. The third kappa shape index (κ3) is 3.57. The standard InChI is InChI=1S/C15H11FINO3/c1-8(19)18-14-7-11(9-2-4-10(16)5-3-9)13(17)6-12(14)15(20)21/h2-7H,1H3,(H,18,19)(H,20,21). The van der Waals surface area contributed by atoms with Gasteiger partial charge in [-0.25, -0.2) is 9.18 Å². The number of carbonyl (C=O) groups is 2. The number of carboxylic acids is 1. The minimum Gasteiger partial charge on any atom is -0.478 e. The Morgan fingerprint density at radius 2 is 1.81 bits per heavy atom. The lowest BCUT2D eigenvalue weighted by atomic mass is 10.0. The van der Waals surface area contributed by atoms with E-state index in [9.17, 15) is 19.1 Å². The molecule has 0 atom stereocenters. The van der Waals surface area contributed by atoms with Gasteiger partial charge in [0.1, 0.15) is 5.82 Å². The molecule has 0 aliphatic heterocycles. The second-order valence-electron chi connectivity index (χ2n) is 4.37. The van der Waals surface area contributed by atoms with Crippen LogP contribution in [0, 0.1) is 9.39 Å². The van der Waals surface area contributed by atoms with Crippen LogP contribution < -0.4 is 5.32 Å². The van der Waals surface area contributed by atoms with Gasteiger partial charge in [0.2, 0.25) is 5.91 Å². The van der Waals surface area contributed by atoms with Crippen molar-refractivity contribution in [2.45, 2.75) is 6.92 Å². The fraction of sp³-hybridized carbons (Fsp3) is 0.0667. The normalized spacial score (nSPS) is 10.2. The zero-order chi connectivity index (χ0) is 15.6. The molecule has 0 heterocycles. The van der Waals surface area contributed by atoms with Gasteiger partial charge in [-0.2, -0.15) is 0 Å². The van der Waals surface area contributed by atoms with Crippen LogP contribution in [0.25, 0.3) is 11.1 Å². The molecule has 0 spiro atoms. The molecule has 0 unspecified atom stereocenters. The smallest absolute Gasteiger partial charge is 0.337 e. The number of benzene rings is 2. The van der Waals surface area contributed by atoms with Crippen molar-refractivity contribution in [1.29, 1.82) is 0 Å². The van der Waals surface area contributed by atoms with E-state index in [0.29, 0.717) is 3.57 Å². The van der Waals surface area contributed by atoms with Crippen LogP contribution in [0.5, 0.6) is 0 Å². The summed E-state index contributed by atoms with van der Waals surface area (Å²) in [6.45, 7) is 1.31. The number of nitrogens with one attached hydrogen (secondary N) is 1. The summed E-state index contributed by atoms with van der Waals surface area (Å²) in [7, 11) is 0. The average Bonchev–Trinajstić information content (AvgIpc) is 2.40.